The van der Waals surface area contributed by atoms with Crippen molar-refractivity contribution in [3.05, 3.63) is 51.6 Å². The van der Waals surface area contributed by atoms with Crippen molar-refractivity contribution in [2.24, 2.45) is 10.7 Å². The zero-order chi connectivity index (χ0) is 15.9. The molecule has 1 aliphatic heterocycles. The molecule has 0 fully saturated rings. The molecular weight excluding hydrogens is 304 g/mol. The van der Waals surface area contributed by atoms with Gasteiger partial charge in [-0.3, -0.25) is 14.9 Å². The van der Waals surface area contributed by atoms with Crippen molar-refractivity contribution in [3.8, 4) is 0 Å². The molecule has 7 nitrogen and oxygen atoms in total. The number of nitrogens with two attached hydrogens (primary N) is 1. The number of hydrogen-bond donors (Lipinski definition) is 1. The summed E-state index contributed by atoms with van der Waals surface area (Å²) in [6, 6.07) is 5.87. The Balaban J connectivity index is 1.76. The van der Waals surface area contributed by atoms with Crippen molar-refractivity contribution in [1.82, 2.24) is 4.90 Å². The maximum Gasteiger partial charge on any atom is 0.269 e. The monoisotopic (exact) mass is 320 g/mol. The first kappa shape index (κ1) is 16.2. The Hall–Kier alpha value is -2.19. The Labute approximate surface area is 132 Å². The number of nitro benzene ring substituents is 1. The Morgan fingerprint density at radius 3 is 2.77 bits per heavy atom. The van der Waals surface area contributed by atoms with E-state index in [4.69, 9.17) is 5.73 Å². The van der Waals surface area contributed by atoms with Crippen molar-refractivity contribution < 1.29 is 9.72 Å². The Bertz CT molecular complexity index is 601. The van der Waals surface area contributed by atoms with Crippen molar-refractivity contribution in [2.75, 3.05) is 6.54 Å². The highest BCUT2D eigenvalue weighted by atomic mass is 32.2. The van der Waals surface area contributed by atoms with E-state index in [1.807, 2.05) is 16.5 Å². The molecule has 8 heteroatoms. The minimum atomic E-state index is -0.470. The number of carbonyl (C=O) groups excluding carboxylic acids is 1. The van der Waals surface area contributed by atoms with Crippen molar-refractivity contribution in [1.29, 1.82) is 0 Å². The molecule has 2 N–H and O–H groups in total. The van der Waals surface area contributed by atoms with E-state index < -0.39 is 4.92 Å². The lowest BCUT2D eigenvalue weighted by molar-refractivity contribution is -0.384. The summed E-state index contributed by atoms with van der Waals surface area (Å²) < 4.78 is 0. The molecule has 2 rings (SSSR count). The number of non-ortho nitro benzene ring substituents is 1. The van der Waals surface area contributed by atoms with Gasteiger partial charge in [-0.1, -0.05) is 11.8 Å². The highest BCUT2D eigenvalue weighted by Crippen LogP contribution is 2.20. The third-order valence-corrected chi connectivity index (χ3v) is 3.89. The van der Waals surface area contributed by atoms with Crippen LogP contribution in [0, 0.1) is 10.1 Å². The molecule has 116 valence electrons. The van der Waals surface area contributed by atoms with E-state index in [1.54, 1.807) is 12.1 Å². The van der Waals surface area contributed by atoms with Gasteiger partial charge in [0, 0.05) is 37.5 Å². The highest BCUT2D eigenvalue weighted by molar-refractivity contribution is 8.02. The number of rotatable bonds is 6. The molecule has 1 unspecified atom stereocenters. The lowest BCUT2D eigenvalue weighted by Gasteiger charge is -2.20. The van der Waals surface area contributed by atoms with Gasteiger partial charge in [-0.15, -0.1) is 0 Å². The minimum Gasteiger partial charge on any atom is -0.353 e. The Morgan fingerprint density at radius 1 is 1.45 bits per heavy atom. The van der Waals surface area contributed by atoms with E-state index in [2.05, 4.69) is 4.99 Å². The van der Waals surface area contributed by atoms with E-state index in [1.165, 1.54) is 30.1 Å². The topological polar surface area (TPSA) is 102 Å². The second-order valence-corrected chi connectivity index (χ2v) is 5.68. The van der Waals surface area contributed by atoms with Crippen LogP contribution in [0.5, 0.6) is 0 Å². The van der Waals surface area contributed by atoms with Gasteiger partial charge in [0.15, 0.2) is 0 Å². The number of hydrogen-bond acceptors (Lipinski definition) is 6. The van der Waals surface area contributed by atoms with E-state index in [0.717, 1.165) is 0 Å². The van der Waals surface area contributed by atoms with Gasteiger partial charge in [-0.05, 0) is 29.5 Å². The van der Waals surface area contributed by atoms with Crippen LogP contribution in [0.15, 0.2) is 40.9 Å². The number of nitrogens with zero attached hydrogens (tertiary/aromatic N) is 3. The lowest BCUT2D eigenvalue weighted by Crippen LogP contribution is -2.33. The fourth-order valence-electron chi connectivity index (χ4n) is 1.86. The lowest BCUT2D eigenvalue weighted by atomic mass is 10.2. The summed E-state index contributed by atoms with van der Waals surface area (Å²) in [5, 5.41) is 12.5. The van der Waals surface area contributed by atoms with Crippen LogP contribution in [-0.4, -0.2) is 34.0 Å². The first-order valence-electron chi connectivity index (χ1n) is 6.71. The predicted octanol–water partition coefficient (Wildman–Crippen LogP) is 2.08. The van der Waals surface area contributed by atoms with Crippen LogP contribution < -0.4 is 5.73 Å². The van der Waals surface area contributed by atoms with Crippen LogP contribution in [0.2, 0.25) is 0 Å². The number of carbonyl (C=O) groups is 1. The predicted molar refractivity (Wildman–Crippen MR) is 86.3 cm³/mol. The standard InChI is InChI=1S/C14H16N4O3S/c15-14-17(8-9-22-14)7-1-2-13(19)16-10-11-3-5-12(6-4-11)18(20)21/h3-6,8-10,14H,1-2,7,15H2. The third-order valence-electron chi connectivity index (χ3n) is 3.07. The summed E-state index contributed by atoms with van der Waals surface area (Å²) in [4.78, 5) is 27.5. The van der Waals surface area contributed by atoms with Gasteiger partial charge in [0.1, 0.15) is 5.50 Å². The zero-order valence-corrected chi connectivity index (χ0v) is 12.6. The fraction of sp³-hybridized carbons (Fsp3) is 0.286. The molecule has 1 atom stereocenters. The highest BCUT2D eigenvalue weighted by Gasteiger charge is 2.14. The number of benzene rings is 1. The van der Waals surface area contributed by atoms with Crippen LogP contribution in [0.4, 0.5) is 5.69 Å². The van der Waals surface area contributed by atoms with E-state index >= 15 is 0 Å². The zero-order valence-electron chi connectivity index (χ0n) is 11.8. The molecule has 1 aliphatic rings. The first-order valence-corrected chi connectivity index (χ1v) is 7.65. The summed E-state index contributed by atoms with van der Waals surface area (Å²) in [6.45, 7) is 0.712. The largest absolute Gasteiger partial charge is 0.353 e. The second kappa shape index (κ2) is 7.71. The number of aliphatic imine (C=N–C) groups is 1. The summed E-state index contributed by atoms with van der Waals surface area (Å²) in [5.74, 6) is -0.220. The van der Waals surface area contributed by atoms with Crippen LogP contribution in [0.1, 0.15) is 18.4 Å². The van der Waals surface area contributed by atoms with Crippen molar-refractivity contribution >= 4 is 29.6 Å². The molecule has 0 aliphatic carbocycles. The quantitative estimate of drug-likeness (QED) is 0.489. The van der Waals surface area contributed by atoms with Crippen LogP contribution >= 0.6 is 11.8 Å². The van der Waals surface area contributed by atoms with E-state index in [-0.39, 0.29) is 17.1 Å². The summed E-state index contributed by atoms with van der Waals surface area (Å²) >= 11 is 1.54. The SMILES string of the molecule is NC1SC=CN1CCCC(=O)N=Cc1ccc([N+](=O)[O-])cc1. The minimum absolute atomic E-state index is 0.0105. The van der Waals surface area contributed by atoms with Crippen LogP contribution in [0.25, 0.3) is 0 Å². The van der Waals surface area contributed by atoms with Gasteiger partial charge in [-0.25, -0.2) is 4.99 Å². The molecule has 1 aromatic rings. The second-order valence-electron chi connectivity index (χ2n) is 4.65. The van der Waals surface area contributed by atoms with Gasteiger partial charge >= 0.3 is 0 Å². The molecular formula is C14H16N4O3S. The summed E-state index contributed by atoms with van der Waals surface area (Å²) in [6.07, 6.45) is 4.35. The van der Waals surface area contributed by atoms with Crippen molar-refractivity contribution in [2.45, 2.75) is 18.3 Å². The molecule has 0 saturated carbocycles. The van der Waals surface area contributed by atoms with E-state index in [9.17, 15) is 14.9 Å². The summed E-state index contributed by atoms with van der Waals surface area (Å²) in [5.41, 5.74) is 6.42. The number of nitro groups is 1. The smallest absolute Gasteiger partial charge is 0.269 e. The molecule has 0 radical (unpaired) electrons. The molecule has 1 amide bonds. The van der Waals surface area contributed by atoms with E-state index in [0.29, 0.717) is 24.9 Å². The maximum atomic E-state index is 11.7. The van der Waals surface area contributed by atoms with Gasteiger partial charge in [0.05, 0.1) is 4.92 Å². The van der Waals surface area contributed by atoms with Crippen molar-refractivity contribution in [3.63, 3.8) is 0 Å². The molecule has 1 heterocycles. The number of amides is 1. The molecule has 0 spiro atoms. The average Bonchev–Trinajstić information content (AvgIpc) is 2.91. The van der Waals surface area contributed by atoms with Crippen LogP contribution in [0.3, 0.4) is 0 Å². The fourth-order valence-corrected chi connectivity index (χ4v) is 2.58. The van der Waals surface area contributed by atoms with Gasteiger partial charge < -0.3 is 10.6 Å². The van der Waals surface area contributed by atoms with Gasteiger partial charge in [0.2, 0.25) is 5.91 Å². The summed E-state index contributed by atoms with van der Waals surface area (Å²) in [7, 11) is 0. The molecule has 0 aromatic heterocycles. The molecule has 22 heavy (non-hydrogen) atoms. The Morgan fingerprint density at radius 2 is 2.18 bits per heavy atom. The number of thioether (sulfide) groups is 1. The average molecular weight is 320 g/mol. The molecule has 1 aromatic carbocycles. The van der Waals surface area contributed by atoms with Gasteiger partial charge in [0.25, 0.3) is 5.69 Å². The molecule has 0 bridgehead atoms. The normalized spacial score (nSPS) is 17.3. The third kappa shape index (κ3) is 4.68. The molecule has 0 saturated heterocycles. The maximum absolute atomic E-state index is 11.7. The first-order chi connectivity index (χ1) is 10.6. The Kier molecular flexibility index (Phi) is 5.68. The van der Waals surface area contributed by atoms with Gasteiger partial charge in [-0.2, -0.15) is 0 Å². The van der Waals surface area contributed by atoms with Crippen LogP contribution in [-0.2, 0) is 4.79 Å².